The van der Waals surface area contributed by atoms with Gasteiger partial charge in [0.2, 0.25) is 0 Å². The molecule has 3 heterocycles. The van der Waals surface area contributed by atoms with Gasteiger partial charge in [0.15, 0.2) is 0 Å². The standard InChI is InChI=1S/C21H23N3O2/c1-14-3-6-19-17(11-14)18-13-23(21(25)26)9-8-20(18)24(19)10-7-16-5-4-15(2)22-12-16/h3-6,11-12H,7-10,13H2,1-2H3,(H,25,26). The molecular weight excluding hydrogens is 326 g/mol. The molecule has 0 spiro atoms. The molecule has 0 fully saturated rings. The third-order valence-electron chi connectivity index (χ3n) is 5.28. The van der Waals surface area contributed by atoms with Crippen molar-refractivity contribution in [2.45, 2.75) is 39.8 Å². The smallest absolute Gasteiger partial charge is 0.407 e. The van der Waals surface area contributed by atoms with Crippen LogP contribution in [0.3, 0.4) is 0 Å². The van der Waals surface area contributed by atoms with Crippen molar-refractivity contribution in [3.8, 4) is 0 Å². The summed E-state index contributed by atoms with van der Waals surface area (Å²) in [5, 5.41) is 10.6. The van der Waals surface area contributed by atoms with Crippen LogP contribution in [0.2, 0.25) is 0 Å². The molecule has 5 nitrogen and oxygen atoms in total. The third-order valence-corrected chi connectivity index (χ3v) is 5.28. The fraction of sp³-hybridized carbons (Fsp3) is 0.333. The summed E-state index contributed by atoms with van der Waals surface area (Å²) >= 11 is 0. The molecule has 1 aromatic carbocycles. The van der Waals surface area contributed by atoms with E-state index in [1.807, 2.05) is 19.2 Å². The van der Waals surface area contributed by atoms with E-state index in [9.17, 15) is 9.90 Å². The van der Waals surface area contributed by atoms with Gasteiger partial charge in [0.05, 0.1) is 6.54 Å². The van der Waals surface area contributed by atoms with Gasteiger partial charge in [-0.25, -0.2) is 4.79 Å². The Hall–Kier alpha value is -2.82. The monoisotopic (exact) mass is 349 g/mol. The van der Waals surface area contributed by atoms with Crippen molar-refractivity contribution in [1.82, 2.24) is 14.5 Å². The van der Waals surface area contributed by atoms with Crippen LogP contribution < -0.4 is 0 Å². The van der Waals surface area contributed by atoms with Gasteiger partial charge >= 0.3 is 6.09 Å². The highest BCUT2D eigenvalue weighted by molar-refractivity contribution is 5.87. The van der Waals surface area contributed by atoms with Crippen molar-refractivity contribution >= 4 is 17.0 Å². The molecule has 1 N–H and O–H groups in total. The van der Waals surface area contributed by atoms with E-state index in [-0.39, 0.29) is 0 Å². The topological polar surface area (TPSA) is 58.4 Å². The molecule has 1 aliphatic rings. The first-order valence-corrected chi connectivity index (χ1v) is 9.03. The van der Waals surface area contributed by atoms with Crippen molar-refractivity contribution in [2.75, 3.05) is 6.54 Å². The summed E-state index contributed by atoms with van der Waals surface area (Å²) in [5.74, 6) is 0. The largest absolute Gasteiger partial charge is 0.465 e. The van der Waals surface area contributed by atoms with E-state index < -0.39 is 6.09 Å². The van der Waals surface area contributed by atoms with E-state index in [0.717, 1.165) is 25.1 Å². The molecule has 2 aromatic heterocycles. The first-order valence-electron chi connectivity index (χ1n) is 9.03. The van der Waals surface area contributed by atoms with Gasteiger partial charge in [-0.05, 0) is 44.0 Å². The summed E-state index contributed by atoms with van der Waals surface area (Å²) in [6, 6.07) is 10.7. The lowest BCUT2D eigenvalue weighted by Crippen LogP contribution is -2.35. The molecule has 0 aliphatic carbocycles. The van der Waals surface area contributed by atoms with E-state index in [1.165, 1.54) is 38.2 Å². The second-order valence-corrected chi connectivity index (χ2v) is 7.11. The molecule has 0 saturated carbocycles. The number of rotatable bonds is 3. The maximum absolute atomic E-state index is 11.4. The zero-order valence-electron chi connectivity index (χ0n) is 15.2. The molecular formula is C21H23N3O2. The van der Waals surface area contributed by atoms with Crippen LogP contribution in [-0.4, -0.2) is 32.2 Å². The molecule has 0 radical (unpaired) electrons. The van der Waals surface area contributed by atoms with Crippen LogP contribution in [0, 0.1) is 13.8 Å². The molecule has 26 heavy (non-hydrogen) atoms. The van der Waals surface area contributed by atoms with Crippen molar-refractivity contribution in [1.29, 1.82) is 0 Å². The minimum Gasteiger partial charge on any atom is -0.465 e. The predicted molar refractivity (Wildman–Crippen MR) is 101 cm³/mol. The van der Waals surface area contributed by atoms with Gasteiger partial charge in [-0.2, -0.15) is 0 Å². The molecule has 4 rings (SSSR count). The second kappa shape index (κ2) is 6.48. The number of aromatic nitrogens is 2. The van der Waals surface area contributed by atoms with Crippen LogP contribution in [0.5, 0.6) is 0 Å². The maximum atomic E-state index is 11.4. The molecule has 1 aliphatic heterocycles. The zero-order valence-corrected chi connectivity index (χ0v) is 15.2. The predicted octanol–water partition coefficient (Wildman–Crippen LogP) is 3.93. The summed E-state index contributed by atoms with van der Waals surface area (Å²) in [6.07, 6.45) is 2.79. The molecule has 0 bridgehead atoms. The van der Waals surface area contributed by atoms with E-state index >= 15 is 0 Å². The highest BCUT2D eigenvalue weighted by atomic mass is 16.4. The first-order chi connectivity index (χ1) is 12.5. The Balaban J connectivity index is 1.72. The molecule has 0 saturated heterocycles. The van der Waals surface area contributed by atoms with Crippen LogP contribution in [0.4, 0.5) is 4.79 Å². The molecule has 3 aromatic rings. The third kappa shape index (κ3) is 2.94. The van der Waals surface area contributed by atoms with Gasteiger partial charge < -0.3 is 14.6 Å². The summed E-state index contributed by atoms with van der Waals surface area (Å²) in [7, 11) is 0. The number of amides is 1. The summed E-state index contributed by atoms with van der Waals surface area (Å²) in [6.45, 7) is 6.00. The van der Waals surface area contributed by atoms with Crippen LogP contribution in [-0.2, 0) is 25.9 Å². The summed E-state index contributed by atoms with van der Waals surface area (Å²) in [4.78, 5) is 17.3. The number of carbonyl (C=O) groups is 1. The Bertz CT molecular complexity index is 973. The Kier molecular flexibility index (Phi) is 4.15. The van der Waals surface area contributed by atoms with E-state index in [1.54, 1.807) is 0 Å². The molecule has 1 amide bonds. The minimum absolute atomic E-state index is 0.476. The quantitative estimate of drug-likeness (QED) is 0.779. The minimum atomic E-state index is -0.838. The van der Waals surface area contributed by atoms with Gasteiger partial charge in [0.25, 0.3) is 0 Å². The summed E-state index contributed by atoms with van der Waals surface area (Å²) < 4.78 is 2.38. The second-order valence-electron chi connectivity index (χ2n) is 7.11. The van der Waals surface area contributed by atoms with Crippen LogP contribution in [0.1, 0.15) is 28.1 Å². The van der Waals surface area contributed by atoms with Gasteiger partial charge in [-0.3, -0.25) is 4.98 Å². The van der Waals surface area contributed by atoms with Crippen molar-refractivity contribution in [3.63, 3.8) is 0 Å². The van der Waals surface area contributed by atoms with Gasteiger partial charge in [-0.1, -0.05) is 17.7 Å². The number of fused-ring (bicyclic) bond motifs is 3. The maximum Gasteiger partial charge on any atom is 0.407 e. The number of carboxylic acid groups (broad SMARTS) is 1. The molecule has 0 atom stereocenters. The number of hydrogen-bond acceptors (Lipinski definition) is 2. The fourth-order valence-corrected chi connectivity index (χ4v) is 3.87. The van der Waals surface area contributed by atoms with Gasteiger partial charge in [0, 0.05) is 53.6 Å². The highest BCUT2D eigenvalue weighted by Gasteiger charge is 2.26. The Morgan fingerprint density at radius 3 is 2.81 bits per heavy atom. The van der Waals surface area contributed by atoms with Crippen LogP contribution in [0.15, 0.2) is 36.5 Å². The number of benzene rings is 1. The Morgan fingerprint density at radius 1 is 1.23 bits per heavy atom. The first kappa shape index (κ1) is 16.6. The van der Waals surface area contributed by atoms with Crippen LogP contribution in [0.25, 0.3) is 10.9 Å². The van der Waals surface area contributed by atoms with E-state index in [4.69, 9.17) is 0 Å². The average molecular weight is 349 g/mol. The number of pyridine rings is 1. The fourth-order valence-electron chi connectivity index (χ4n) is 3.87. The lowest BCUT2D eigenvalue weighted by molar-refractivity contribution is 0.139. The molecule has 0 unspecified atom stereocenters. The van der Waals surface area contributed by atoms with Crippen LogP contribution >= 0.6 is 0 Å². The Labute approximate surface area is 152 Å². The van der Waals surface area contributed by atoms with E-state index in [0.29, 0.717) is 13.1 Å². The number of hydrogen-bond donors (Lipinski definition) is 1. The molecule has 134 valence electrons. The van der Waals surface area contributed by atoms with Crippen molar-refractivity contribution < 1.29 is 9.90 Å². The van der Waals surface area contributed by atoms with Crippen molar-refractivity contribution in [3.05, 3.63) is 64.6 Å². The molecule has 5 heteroatoms. The number of nitrogens with zero attached hydrogens (tertiary/aromatic N) is 3. The average Bonchev–Trinajstić information content (AvgIpc) is 2.93. The number of aryl methyl sites for hydroxylation is 4. The van der Waals surface area contributed by atoms with Gasteiger partial charge in [0.1, 0.15) is 0 Å². The summed E-state index contributed by atoms with van der Waals surface area (Å²) in [5.41, 5.74) is 7.10. The zero-order chi connectivity index (χ0) is 18.3. The highest BCUT2D eigenvalue weighted by Crippen LogP contribution is 2.32. The van der Waals surface area contributed by atoms with E-state index in [2.05, 4.69) is 40.7 Å². The lowest BCUT2D eigenvalue weighted by Gasteiger charge is -2.25. The normalized spacial score (nSPS) is 13.8. The van der Waals surface area contributed by atoms with Gasteiger partial charge in [-0.15, -0.1) is 0 Å². The van der Waals surface area contributed by atoms with Crippen molar-refractivity contribution in [2.24, 2.45) is 0 Å². The lowest BCUT2D eigenvalue weighted by atomic mass is 10.0. The SMILES string of the molecule is Cc1ccc2c(c1)c1c(n2CCc2ccc(C)nc2)CCN(C(=O)O)C1. The Morgan fingerprint density at radius 2 is 2.08 bits per heavy atom.